The molecule has 1 aromatic heterocycles. The van der Waals surface area contributed by atoms with E-state index in [0.29, 0.717) is 50.1 Å². The molecule has 0 saturated heterocycles. The van der Waals surface area contributed by atoms with Gasteiger partial charge in [0.05, 0.1) is 20.3 Å². The van der Waals surface area contributed by atoms with Crippen LogP contribution in [0.15, 0.2) is 60.9 Å². The van der Waals surface area contributed by atoms with E-state index in [1.807, 2.05) is 59.3 Å². The number of benzene rings is 2. The Kier molecular flexibility index (Phi) is 9.97. The van der Waals surface area contributed by atoms with Gasteiger partial charge in [-0.15, -0.1) is 0 Å². The van der Waals surface area contributed by atoms with Crippen LogP contribution >= 0.6 is 0 Å². The number of nitrogens with zero attached hydrogens (tertiary/aromatic N) is 3. The monoisotopic (exact) mass is 533 g/mol. The lowest BCUT2D eigenvalue weighted by Crippen LogP contribution is -2.51. The quantitative estimate of drug-likeness (QED) is 0.523. The standard InChI is InChI=1S/C30H39N5O4/c1-22(2)20-34-14-7-17-39-27-19-24(10-11-26(27)38-3)29-31-12-15-35(29)16-13-32-30(37)25(33-28(36)21-34)18-23-8-5-4-6-9-23/h4-6,8-12,15,19,22,25H,7,13-14,16-18,20-21H2,1-3H3,(H,32,37)(H,33,36)/t25-/m0/s1. The van der Waals surface area contributed by atoms with Crippen LogP contribution in [-0.2, 0) is 22.6 Å². The Bertz CT molecular complexity index is 1230. The van der Waals surface area contributed by atoms with Crippen LogP contribution in [0.3, 0.4) is 0 Å². The summed E-state index contributed by atoms with van der Waals surface area (Å²) in [5.41, 5.74) is 1.89. The number of hydrogen-bond acceptors (Lipinski definition) is 6. The maximum Gasteiger partial charge on any atom is 0.242 e. The summed E-state index contributed by atoms with van der Waals surface area (Å²) in [6.45, 7) is 7.33. The Morgan fingerprint density at radius 1 is 1.13 bits per heavy atom. The first-order valence-corrected chi connectivity index (χ1v) is 13.6. The van der Waals surface area contributed by atoms with Gasteiger partial charge in [0.2, 0.25) is 11.8 Å². The molecule has 1 aliphatic heterocycles. The average molecular weight is 534 g/mol. The van der Waals surface area contributed by atoms with Crippen molar-refractivity contribution in [2.45, 2.75) is 39.3 Å². The van der Waals surface area contributed by atoms with E-state index in [2.05, 4.69) is 34.4 Å². The smallest absolute Gasteiger partial charge is 0.242 e. The van der Waals surface area contributed by atoms with Crippen LogP contribution in [0.25, 0.3) is 11.4 Å². The minimum absolute atomic E-state index is 0.167. The molecular weight excluding hydrogens is 494 g/mol. The number of rotatable bonds is 5. The Morgan fingerprint density at radius 2 is 1.95 bits per heavy atom. The molecule has 3 aromatic rings. The predicted octanol–water partition coefficient (Wildman–Crippen LogP) is 3.14. The van der Waals surface area contributed by atoms with Crippen LogP contribution in [0.2, 0.25) is 0 Å². The van der Waals surface area contributed by atoms with E-state index in [-0.39, 0.29) is 18.4 Å². The van der Waals surface area contributed by atoms with Crippen molar-refractivity contribution in [1.82, 2.24) is 25.1 Å². The van der Waals surface area contributed by atoms with Gasteiger partial charge in [-0.3, -0.25) is 14.5 Å². The largest absolute Gasteiger partial charge is 0.493 e. The van der Waals surface area contributed by atoms with Gasteiger partial charge in [0.15, 0.2) is 11.5 Å². The van der Waals surface area contributed by atoms with Crippen molar-refractivity contribution in [1.29, 1.82) is 0 Å². The number of methoxy groups -OCH3 is 1. The minimum atomic E-state index is -0.672. The third-order valence-corrected chi connectivity index (χ3v) is 6.59. The third kappa shape index (κ3) is 8.07. The van der Waals surface area contributed by atoms with E-state index in [9.17, 15) is 9.59 Å². The molecule has 0 fully saturated rings. The first kappa shape index (κ1) is 28.2. The molecule has 0 unspecified atom stereocenters. The summed E-state index contributed by atoms with van der Waals surface area (Å²) in [6.07, 6.45) is 4.78. The van der Waals surface area contributed by atoms with Crippen molar-refractivity contribution in [3.8, 4) is 22.9 Å². The van der Waals surface area contributed by atoms with Crippen LogP contribution in [0, 0.1) is 5.92 Å². The molecule has 1 aliphatic rings. The summed E-state index contributed by atoms with van der Waals surface area (Å²) in [4.78, 5) is 33.1. The van der Waals surface area contributed by atoms with Crippen molar-refractivity contribution >= 4 is 11.8 Å². The number of aromatic nitrogens is 2. The highest BCUT2D eigenvalue weighted by atomic mass is 16.5. The van der Waals surface area contributed by atoms with Gasteiger partial charge in [-0.1, -0.05) is 44.2 Å². The molecule has 0 saturated carbocycles. The van der Waals surface area contributed by atoms with Gasteiger partial charge < -0.3 is 24.7 Å². The number of imidazole rings is 1. The van der Waals surface area contributed by atoms with Crippen molar-refractivity contribution in [3.63, 3.8) is 0 Å². The van der Waals surface area contributed by atoms with E-state index >= 15 is 0 Å². The van der Waals surface area contributed by atoms with E-state index in [4.69, 9.17) is 9.47 Å². The minimum Gasteiger partial charge on any atom is -0.493 e. The van der Waals surface area contributed by atoms with E-state index in [1.165, 1.54) is 0 Å². The van der Waals surface area contributed by atoms with Crippen molar-refractivity contribution in [2.24, 2.45) is 5.92 Å². The maximum absolute atomic E-state index is 13.3. The highest BCUT2D eigenvalue weighted by molar-refractivity contribution is 5.88. The number of fused-ring (bicyclic) bond motifs is 4. The summed E-state index contributed by atoms with van der Waals surface area (Å²) in [5, 5.41) is 6.01. The number of hydrogen-bond donors (Lipinski definition) is 2. The second-order valence-corrected chi connectivity index (χ2v) is 10.2. The van der Waals surface area contributed by atoms with Crippen LogP contribution in [0.5, 0.6) is 11.5 Å². The number of ether oxygens (including phenoxy) is 2. The Labute approximate surface area is 230 Å². The Morgan fingerprint density at radius 3 is 2.72 bits per heavy atom. The van der Waals surface area contributed by atoms with Gasteiger partial charge in [-0.2, -0.15) is 0 Å². The Hall–Kier alpha value is -3.85. The zero-order valence-electron chi connectivity index (χ0n) is 23.1. The van der Waals surface area contributed by atoms with Crippen LogP contribution in [0.4, 0.5) is 0 Å². The molecule has 2 heterocycles. The third-order valence-electron chi connectivity index (χ3n) is 6.59. The molecule has 0 radical (unpaired) electrons. The number of carbonyl (C=O) groups excluding carboxylic acids is 2. The lowest BCUT2D eigenvalue weighted by molar-refractivity contribution is -0.129. The van der Waals surface area contributed by atoms with Gasteiger partial charge in [0, 0.05) is 50.6 Å². The number of carbonyl (C=O) groups is 2. The van der Waals surface area contributed by atoms with Gasteiger partial charge in [0.25, 0.3) is 0 Å². The van der Waals surface area contributed by atoms with Crippen LogP contribution < -0.4 is 20.1 Å². The van der Waals surface area contributed by atoms with E-state index < -0.39 is 6.04 Å². The molecule has 9 nitrogen and oxygen atoms in total. The summed E-state index contributed by atoms with van der Waals surface area (Å²) in [7, 11) is 1.62. The van der Waals surface area contributed by atoms with E-state index in [1.54, 1.807) is 13.3 Å². The zero-order chi connectivity index (χ0) is 27.6. The van der Waals surface area contributed by atoms with Gasteiger partial charge >= 0.3 is 0 Å². The van der Waals surface area contributed by atoms with Gasteiger partial charge in [0.1, 0.15) is 11.9 Å². The number of amides is 2. The fraction of sp³-hybridized carbons (Fsp3) is 0.433. The fourth-order valence-corrected chi connectivity index (χ4v) is 4.83. The average Bonchev–Trinajstić information content (AvgIpc) is 3.38. The molecule has 2 bridgehead atoms. The SMILES string of the molecule is COc1ccc2cc1OCCCN(CC(C)C)CC(=O)N[C@@H](Cc1ccccc1)C(=O)NCCn1ccnc1-2. The second kappa shape index (κ2) is 13.8. The molecule has 0 spiro atoms. The lowest BCUT2D eigenvalue weighted by atomic mass is 10.1. The first-order chi connectivity index (χ1) is 18.9. The topological polar surface area (TPSA) is 97.7 Å². The van der Waals surface area contributed by atoms with Crippen molar-refractivity contribution < 1.29 is 19.1 Å². The molecule has 0 aliphatic carbocycles. The fourth-order valence-electron chi connectivity index (χ4n) is 4.83. The molecule has 2 N–H and O–H groups in total. The molecule has 2 aromatic carbocycles. The molecule has 9 heteroatoms. The highest BCUT2D eigenvalue weighted by Crippen LogP contribution is 2.32. The molecule has 208 valence electrons. The predicted molar refractivity (Wildman–Crippen MR) is 151 cm³/mol. The molecule has 39 heavy (non-hydrogen) atoms. The van der Waals surface area contributed by atoms with Crippen LogP contribution in [-0.4, -0.2) is 72.2 Å². The lowest BCUT2D eigenvalue weighted by Gasteiger charge is -2.25. The molecular formula is C30H39N5O4. The van der Waals surface area contributed by atoms with Crippen molar-refractivity contribution in [3.05, 3.63) is 66.5 Å². The van der Waals surface area contributed by atoms with Gasteiger partial charge in [-0.25, -0.2) is 4.98 Å². The first-order valence-electron chi connectivity index (χ1n) is 13.6. The van der Waals surface area contributed by atoms with Gasteiger partial charge in [-0.05, 0) is 36.1 Å². The van der Waals surface area contributed by atoms with Crippen molar-refractivity contribution in [2.75, 3.05) is 39.9 Å². The number of nitrogens with one attached hydrogen (secondary N) is 2. The zero-order valence-corrected chi connectivity index (χ0v) is 23.1. The summed E-state index contributed by atoms with van der Waals surface area (Å²) in [5.74, 6) is 2.10. The van der Waals surface area contributed by atoms with E-state index in [0.717, 1.165) is 29.9 Å². The summed E-state index contributed by atoms with van der Waals surface area (Å²) in [6, 6.07) is 14.9. The highest BCUT2D eigenvalue weighted by Gasteiger charge is 2.23. The molecule has 1 atom stereocenters. The summed E-state index contributed by atoms with van der Waals surface area (Å²) < 4.78 is 13.6. The normalized spacial score (nSPS) is 17.8. The maximum atomic E-state index is 13.3. The Balaban J connectivity index is 1.59. The molecule has 4 rings (SSSR count). The van der Waals surface area contributed by atoms with Crippen LogP contribution in [0.1, 0.15) is 25.8 Å². The molecule has 2 amide bonds. The second-order valence-electron chi connectivity index (χ2n) is 10.2. The summed E-state index contributed by atoms with van der Waals surface area (Å²) >= 11 is 0.